The lowest BCUT2D eigenvalue weighted by molar-refractivity contribution is -0.684. The SMILES string of the molecule is CCCCCCn1cc[n+](C)c1I.[I-]. The molecule has 0 aliphatic heterocycles. The molecule has 1 aromatic heterocycles. The number of hydrogen-bond donors (Lipinski definition) is 0. The lowest BCUT2D eigenvalue weighted by Crippen LogP contribution is -3.00. The van der Waals surface area contributed by atoms with Gasteiger partial charge in [0, 0.05) is 0 Å². The summed E-state index contributed by atoms with van der Waals surface area (Å²) < 4.78 is 5.78. The van der Waals surface area contributed by atoms with Crippen LogP contribution in [0.3, 0.4) is 0 Å². The Bertz CT molecular complexity index is 259. The van der Waals surface area contributed by atoms with E-state index in [1.165, 1.54) is 36.1 Å². The maximum Gasteiger partial charge on any atom is 0.317 e. The third kappa shape index (κ3) is 4.46. The zero-order valence-electron chi connectivity index (χ0n) is 8.84. The molecule has 0 spiro atoms. The molecular weight excluding hydrogens is 402 g/mol. The average Bonchev–Trinajstić information content (AvgIpc) is 2.43. The molecule has 0 radical (unpaired) electrons. The molecular formula is C10H18I2N2. The number of halogens is 2. The molecule has 0 atom stereocenters. The molecule has 0 N–H and O–H groups in total. The second-order valence-electron chi connectivity index (χ2n) is 3.43. The first-order chi connectivity index (χ1) is 6.25. The number of imidazole rings is 1. The summed E-state index contributed by atoms with van der Waals surface area (Å²) in [5.41, 5.74) is 0. The lowest BCUT2D eigenvalue weighted by Gasteiger charge is -1.97. The van der Waals surface area contributed by atoms with Crippen molar-refractivity contribution in [1.82, 2.24) is 4.57 Å². The summed E-state index contributed by atoms with van der Waals surface area (Å²) in [5.74, 6) is 0. The molecule has 82 valence electrons. The number of unbranched alkanes of at least 4 members (excludes halogenated alkanes) is 3. The summed E-state index contributed by atoms with van der Waals surface area (Å²) in [6.45, 7) is 3.42. The minimum absolute atomic E-state index is 0. The quantitative estimate of drug-likeness (QED) is 0.346. The van der Waals surface area contributed by atoms with Gasteiger partial charge in [0.15, 0.2) is 0 Å². The Morgan fingerprint density at radius 3 is 2.57 bits per heavy atom. The first-order valence-electron chi connectivity index (χ1n) is 4.96. The standard InChI is InChI=1S/C10H18IN2.HI/c1-3-4-5-6-7-13-9-8-12(2)10(13)11;/h8-9H,3-7H2,1-2H3;1H/q+1;/p-1. The monoisotopic (exact) mass is 420 g/mol. The van der Waals surface area contributed by atoms with Gasteiger partial charge in [0.05, 0.1) is 36.2 Å². The fourth-order valence-corrected chi connectivity index (χ4v) is 1.94. The Labute approximate surface area is 117 Å². The maximum atomic E-state index is 2.39. The fourth-order valence-electron chi connectivity index (χ4n) is 1.38. The number of rotatable bonds is 5. The highest BCUT2D eigenvalue weighted by atomic mass is 127. The number of hydrogen-bond acceptors (Lipinski definition) is 0. The molecule has 0 fully saturated rings. The molecule has 1 heterocycles. The molecule has 2 nitrogen and oxygen atoms in total. The van der Waals surface area contributed by atoms with Crippen LogP contribution in [0.2, 0.25) is 0 Å². The second-order valence-corrected chi connectivity index (χ2v) is 4.40. The fraction of sp³-hybridized carbons (Fsp3) is 0.700. The number of nitrogens with zero attached hydrogens (tertiary/aromatic N) is 2. The van der Waals surface area contributed by atoms with Gasteiger partial charge in [0.1, 0.15) is 12.4 Å². The molecule has 0 aromatic carbocycles. The van der Waals surface area contributed by atoms with Crippen molar-refractivity contribution >= 4 is 22.6 Å². The molecule has 0 saturated carbocycles. The van der Waals surface area contributed by atoms with E-state index in [2.05, 4.69) is 58.1 Å². The smallest absolute Gasteiger partial charge is 0.317 e. The molecule has 14 heavy (non-hydrogen) atoms. The van der Waals surface area contributed by atoms with Gasteiger partial charge in [-0.2, -0.15) is 0 Å². The molecule has 4 heteroatoms. The van der Waals surface area contributed by atoms with Crippen LogP contribution < -0.4 is 28.5 Å². The molecule has 0 amide bonds. The number of aryl methyl sites for hydroxylation is 2. The molecule has 1 rings (SSSR count). The van der Waals surface area contributed by atoms with Gasteiger partial charge in [0.2, 0.25) is 0 Å². The van der Waals surface area contributed by atoms with E-state index in [0.717, 1.165) is 0 Å². The third-order valence-electron chi connectivity index (χ3n) is 2.25. The van der Waals surface area contributed by atoms with Crippen LogP contribution >= 0.6 is 22.6 Å². The third-order valence-corrected chi connectivity index (χ3v) is 3.63. The first-order valence-corrected chi connectivity index (χ1v) is 6.04. The highest BCUT2D eigenvalue weighted by molar-refractivity contribution is 14.1. The van der Waals surface area contributed by atoms with Crippen LogP contribution in [0.1, 0.15) is 32.6 Å². The first kappa shape index (κ1) is 14.7. The van der Waals surface area contributed by atoms with E-state index in [4.69, 9.17) is 0 Å². The van der Waals surface area contributed by atoms with Crippen LogP contribution in [0.15, 0.2) is 12.4 Å². The molecule has 0 bridgehead atoms. The predicted molar refractivity (Wildman–Crippen MR) is 62.5 cm³/mol. The van der Waals surface area contributed by atoms with Crippen LogP contribution in [-0.4, -0.2) is 4.57 Å². The highest BCUT2D eigenvalue weighted by Crippen LogP contribution is 2.04. The van der Waals surface area contributed by atoms with Crippen molar-refractivity contribution in [3.05, 3.63) is 16.2 Å². The number of aromatic nitrogens is 2. The lowest BCUT2D eigenvalue weighted by atomic mass is 10.2. The van der Waals surface area contributed by atoms with Crippen molar-refractivity contribution < 1.29 is 28.5 Å². The van der Waals surface area contributed by atoms with E-state index in [1.54, 1.807) is 0 Å². The minimum atomic E-state index is 0. The summed E-state index contributed by atoms with van der Waals surface area (Å²) in [6.07, 6.45) is 9.61. The molecule has 0 aliphatic carbocycles. The molecule has 0 unspecified atom stereocenters. The zero-order valence-corrected chi connectivity index (χ0v) is 13.2. The van der Waals surface area contributed by atoms with E-state index >= 15 is 0 Å². The Balaban J connectivity index is 0.00000169. The van der Waals surface area contributed by atoms with Crippen molar-refractivity contribution in [2.45, 2.75) is 39.2 Å². The summed E-state index contributed by atoms with van der Waals surface area (Å²) in [6, 6.07) is 0. The van der Waals surface area contributed by atoms with Crippen LogP contribution in [-0.2, 0) is 13.6 Å². The Kier molecular flexibility index (Phi) is 8.27. The van der Waals surface area contributed by atoms with E-state index in [9.17, 15) is 0 Å². The second kappa shape index (κ2) is 7.90. The zero-order chi connectivity index (χ0) is 9.68. The van der Waals surface area contributed by atoms with E-state index < -0.39 is 0 Å². The van der Waals surface area contributed by atoms with Crippen molar-refractivity contribution in [3.63, 3.8) is 0 Å². The summed E-state index contributed by atoms with van der Waals surface area (Å²) >= 11 is 2.39. The van der Waals surface area contributed by atoms with Gasteiger partial charge in [-0.1, -0.05) is 19.8 Å². The molecule has 1 aromatic rings. The van der Waals surface area contributed by atoms with Gasteiger partial charge >= 0.3 is 3.83 Å². The Morgan fingerprint density at radius 2 is 2.07 bits per heavy atom. The van der Waals surface area contributed by atoms with Crippen LogP contribution in [0, 0.1) is 3.83 Å². The van der Waals surface area contributed by atoms with E-state index in [-0.39, 0.29) is 24.0 Å². The van der Waals surface area contributed by atoms with Gasteiger partial charge in [-0.05, 0) is 12.8 Å². The van der Waals surface area contributed by atoms with E-state index in [1.807, 2.05) is 0 Å². The Morgan fingerprint density at radius 1 is 1.36 bits per heavy atom. The minimum Gasteiger partial charge on any atom is -1.00 e. The van der Waals surface area contributed by atoms with Crippen molar-refractivity contribution in [3.8, 4) is 0 Å². The van der Waals surface area contributed by atoms with Crippen molar-refractivity contribution in [2.24, 2.45) is 7.05 Å². The van der Waals surface area contributed by atoms with Crippen LogP contribution in [0.5, 0.6) is 0 Å². The van der Waals surface area contributed by atoms with Gasteiger partial charge in [-0.3, -0.25) is 0 Å². The molecule has 0 aliphatic rings. The van der Waals surface area contributed by atoms with Gasteiger partial charge in [-0.15, -0.1) is 0 Å². The predicted octanol–water partition coefficient (Wildman–Crippen LogP) is -0.498. The highest BCUT2D eigenvalue weighted by Gasteiger charge is 2.08. The largest absolute Gasteiger partial charge is 1.00 e. The molecule has 0 saturated heterocycles. The Hall–Kier alpha value is 0.670. The van der Waals surface area contributed by atoms with Crippen LogP contribution in [0.4, 0.5) is 0 Å². The van der Waals surface area contributed by atoms with Crippen molar-refractivity contribution in [2.75, 3.05) is 0 Å². The summed E-state index contributed by atoms with van der Waals surface area (Å²) in [5, 5.41) is 0. The normalized spacial score (nSPS) is 9.93. The average molecular weight is 420 g/mol. The maximum absolute atomic E-state index is 2.39. The topological polar surface area (TPSA) is 8.81 Å². The van der Waals surface area contributed by atoms with E-state index in [0.29, 0.717) is 0 Å². The van der Waals surface area contributed by atoms with Gasteiger partial charge < -0.3 is 24.0 Å². The van der Waals surface area contributed by atoms with Crippen molar-refractivity contribution in [1.29, 1.82) is 0 Å². The summed E-state index contributed by atoms with van der Waals surface area (Å²) in [4.78, 5) is 0. The van der Waals surface area contributed by atoms with Gasteiger partial charge in [0.25, 0.3) is 0 Å². The summed E-state index contributed by atoms with van der Waals surface area (Å²) in [7, 11) is 2.09. The van der Waals surface area contributed by atoms with Crippen LogP contribution in [0.25, 0.3) is 0 Å². The van der Waals surface area contributed by atoms with Gasteiger partial charge in [-0.25, -0.2) is 9.13 Å².